The molecule has 3 rings (SSSR count). The Labute approximate surface area is 159 Å². The highest BCUT2D eigenvalue weighted by Crippen LogP contribution is 2.31. The van der Waals surface area contributed by atoms with Gasteiger partial charge >= 0.3 is 0 Å². The van der Waals surface area contributed by atoms with Crippen molar-refractivity contribution in [3.8, 4) is 5.75 Å². The number of likely N-dealkylation sites (tertiary alicyclic amines) is 1. The Balaban J connectivity index is 1.83. The Bertz CT molecular complexity index is 817. The molecule has 1 aromatic carbocycles. The first-order chi connectivity index (χ1) is 12.8. The molecule has 0 radical (unpaired) electrons. The number of imide groups is 1. The quantitative estimate of drug-likeness (QED) is 0.695. The van der Waals surface area contributed by atoms with Gasteiger partial charge in [-0.05, 0) is 51.1 Å². The molecule has 0 aliphatic carbocycles. The Kier molecular flexibility index (Phi) is 5.83. The maximum atomic E-state index is 12.9. The summed E-state index contributed by atoms with van der Waals surface area (Å²) in [6, 6.07) is 4.39. The number of benzene rings is 1. The second-order valence-electron chi connectivity index (χ2n) is 6.90. The van der Waals surface area contributed by atoms with Gasteiger partial charge in [0.2, 0.25) is 21.8 Å². The molecule has 1 N–H and O–H groups in total. The third-order valence-electron chi connectivity index (χ3n) is 5.08. The van der Waals surface area contributed by atoms with E-state index in [1.165, 1.54) is 25.3 Å². The van der Waals surface area contributed by atoms with Crippen LogP contribution in [0.4, 0.5) is 5.69 Å². The average molecular weight is 395 g/mol. The Hall–Kier alpha value is -1.97. The number of nitrogens with one attached hydrogen (secondary N) is 1. The summed E-state index contributed by atoms with van der Waals surface area (Å²) in [6.45, 7) is 4.21. The van der Waals surface area contributed by atoms with Crippen LogP contribution in [-0.4, -0.2) is 57.9 Å². The number of amides is 2. The number of methoxy groups -OCH3 is 1. The summed E-state index contributed by atoms with van der Waals surface area (Å²) in [6.07, 6.45) is 2.53. The molecular weight excluding hydrogens is 370 g/mol. The predicted molar refractivity (Wildman–Crippen MR) is 100 cm³/mol. The van der Waals surface area contributed by atoms with Gasteiger partial charge in [0.25, 0.3) is 0 Å². The fourth-order valence-corrected chi connectivity index (χ4v) is 4.81. The minimum atomic E-state index is -3.87. The van der Waals surface area contributed by atoms with Crippen molar-refractivity contribution in [2.24, 2.45) is 0 Å². The average Bonchev–Trinajstić information content (AvgIpc) is 3.29. The second kappa shape index (κ2) is 7.95. The third kappa shape index (κ3) is 4.15. The molecule has 2 aliphatic heterocycles. The van der Waals surface area contributed by atoms with Gasteiger partial charge in [0.1, 0.15) is 10.6 Å². The number of carbonyl (C=O) groups is 2. The van der Waals surface area contributed by atoms with Crippen molar-refractivity contribution in [2.45, 2.75) is 43.5 Å². The molecular formula is C18H25N3O5S. The fourth-order valence-electron chi connectivity index (χ4n) is 3.50. The molecule has 0 aromatic heterocycles. The number of hydrogen-bond donors (Lipinski definition) is 1. The highest BCUT2D eigenvalue weighted by Gasteiger charge is 2.32. The van der Waals surface area contributed by atoms with Crippen LogP contribution in [0.3, 0.4) is 0 Å². The molecule has 8 nitrogen and oxygen atoms in total. The molecule has 1 unspecified atom stereocenters. The zero-order chi connectivity index (χ0) is 19.6. The molecule has 9 heteroatoms. The first-order valence-electron chi connectivity index (χ1n) is 9.11. The monoisotopic (exact) mass is 395 g/mol. The van der Waals surface area contributed by atoms with Crippen LogP contribution in [0.15, 0.2) is 23.1 Å². The zero-order valence-electron chi connectivity index (χ0n) is 15.6. The number of carbonyl (C=O) groups excluding carboxylic acids is 2. The van der Waals surface area contributed by atoms with Crippen LogP contribution >= 0.6 is 0 Å². The van der Waals surface area contributed by atoms with Crippen molar-refractivity contribution in [2.75, 3.05) is 31.6 Å². The van der Waals surface area contributed by atoms with E-state index in [1.807, 2.05) is 6.92 Å². The van der Waals surface area contributed by atoms with E-state index < -0.39 is 10.0 Å². The van der Waals surface area contributed by atoms with Crippen molar-refractivity contribution >= 4 is 27.5 Å². The highest BCUT2D eigenvalue weighted by atomic mass is 32.2. The molecule has 0 saturated carbocycles. The molecule has 2 aliphatic rings. The summed E-state index contributed by atoms with van der Waals surface area (Å²) in [5.41, 5.74) is 0.247. The van der Waals surface area contributed by atoms with Crippen LogP contribution < -0.4 is 14.4 Å². The van der Waals surface area contributed by atoms with Crippen LogP contribution in [0.2, 0.25) is 0 Å². The number of anilines is 1. The lowest BCUT2D eigenvalue weighted by Gasteiger charge is -2.24. The van der Waals surface area contributed by atoms with Crippen LogP contribution in [0.5, 0.6) is 5.75 Å². The molecule has 0 spiro atoms. The van der Waals surface area contributed by atoms with Gasteiger partial charge in [0.15, 0.2) is 0 Å². The SMILES string of the molecule is COc1ccc(N2C(=O)CCC2=O)cc1S(=O)(=O)NCC(C)N1CCCC1. The second-order valence-corrected chi connectivity index (χ2v) is 8.64. The van der Waals surface area contributed by atoms with E-state index in [9.17, 15) is 18.0 Å². The largest absolute Gasteiger partial charge is 0.495 e. The zero-order valence-corrected chi connectivity index (χ0v) is 16.4. The number of hydrogen-bond acceptors (Lipinski definition) is 6. The van der Waals surface area contributed by atoms with Crippen LogP contribution in [0, 0.1) is 0 Å². The molecule has 2 fully saturated rings. The maximum Gasteiger partial charge on any atom is 0.244 e. The van der Waals surface area contributed by atoms with Gasteiger partial charge in [-0.2, -0.15) is 0 Å². The van der Waals surface area contributed by atoms with Gasteiger partial charge in [0, 0.05) is 25.4 Å². The maximum absolute atomic E-state index is 12.9. The van der Waals surface area contributed by atoms with Crippen molar-refractivity contribution in [1.82, 2.24) is 9.62 Å². The lowest BCUT2D eigenvalue weighted by atomic mass is 10.2. The van der Waals surface area contributed by atoms with E-state index in [0.29, 0.717) is 0 Å². The summed E-state index contributed by atoms with van der Waals surface area (Å²) in [5.74, 6) is -0.493. The van der Waals surface area contributed by atoms with E-state index >= 15 is 0 Å². The van der Waals surface area contributed by atoms with Crippen molar-refractivity contribution in [1.29, 1.82) is 0 Å². The topological polar surface area (TPSA) is 96.0 Å². The van der Waals surface area contributed by atoms with Gasteiger partial charge < -0.3 is 4.74 Å². The minimum Gasteiger partial charge on any atom is -0.495 e. The smallest absolute Gasteiger partial charge is 0.244 e. The number of rotatable bonds is 7. The normalized spacial score (nSPS) is 19.7. The molecule has 2 amide bonds. The van der Waals surface area contributed by atoms with E-state index in [2.05, 4.69) is 9.62 Å². The van der Waals surface area contributed by atoms with E-state index in [4.69, 9.17) is 4.74 Å². The Morgan fingerprint density at radius 1 is 1.15 bits per heavy atom. The highest BCUT2D eigenvalue weighted by molar-refractivity contribution is 7.89. The lowest BCUT2D eigenvalue weighted by Crippen LogP contribution is -2.40. The van der Waals surface area contributed by atoms with Gasteiger partial charge in [0.05, 0.1) is 12.8 Å². The van der Waals surface area contributed by atoms with Crippen molar-refractivity contribution in [3.63, 3.8) is 0 Å². The molecule has 1 aromatic rings. The predicted octanol–water partition coefficient (Wildman–Crippen LogP) is 1.11. The van der Waals surface area contributed by atoms with E-state index in [0.717, 1.165) is 30.8 Å². The Morgan fingerprint density at radius 3 is 2.37 bits per heavy atom. The first-order valence-corrected chi connectivity index (χ1v) is 10.6. The molecule has 0 bridgehead atoms. The summed E-state index contributed by atoms with van der Waals surface area (Å²) in [4.78, 5) is 27.1. The van der Waals surface area contributed by atoms with Crippen LogP contribution in [-0.2, 0) is 19.6 Å². The number of nitrogens with zero attached hydrogens (tertiary/aromatic N) is 2. The van der Waals surface area contributed by atoms with Crippen LogP contribution in [0.1, 0.15) is 32.6 Å². The molecule has 148 valence electrons. The summed E-state index contributed by atoms with van der Waals surface area (Å²) in [5, 5.41) is 0. The lowest BCUT2D eigenvalue weighted by molar-refractivity contribution is -0.121. The molecule has 2 heterocycles. The van der Waals surface area contributed by atoms with Gasteiger partial charge in [-0.25, -0.2) is 13.1 Å². The number of sulfonamides is 1. The fraction of sp³-hybridized carbons (Fsp3) is 0.556. The van der Waals surface area contributed by atoms with Gasteiger partial charge in [-0.1, -0.05) is 0 Å². The third-order valence-corrected chi connectivity index (χ3v) is 6.52. The first kappa shape index (κ1) is 19.8. The van der Waals surface area contributed by atoms with Gasteiger partial charge in [-0.15, -0.1) is 0 Å². The molecule has 2 saturated heterocycles. The summed E-state index contributed by atoms with van der Waals surface area (Å²) in [7, 11) is -2.48. The van der Waals surface area contributed by atoms with Crippen molar-refractivity contribution in [3.05, 3.63) is 18.2 Å². The Morgan fingerprint density at radius 2 is 1.78 bits per heavy atom. The van der Waals surface area contributed by atoms with Crippen molar-refractivity contribution < 1.29 is 22.7 Å². The van der Waals surface area contributed by atoms with E-state index in [1.54, 1.807) is 0 Å². The standard InChI is InChI=1S/C18H25N3O5S/c1-13(20-9-3-4-10-20)12-19-27(24,25)16-11-14(5-6-15(16)26-2)21-17(22)7-8-18(21)23/h5-6,11,13,19H,3-4,7-10,12H2,1-2H3. The minimum absolute atomic E-state index is 0.0800. The molecule has 27 heavy (non-hydrogen) atoms. The summed E-state index contributed by atoms with van der Waals surface area (Å²) >= 11 is 0. The number of ether oxygens (including phenoxy) is 1. The van der Waals surface area contributed by atoms with Crippen LogP contribution in [0.25, 0.3) is 0 Å². The van der Waals surface area contributed by atoms with Gasteiger partial charge in [-0.3, -0.25) is 19.4 Å². The summed E-state index contributed by atoms with van der Waals surface area (Å²) < 4.78 is 33.5. The molecule has 1 atom stereocenters. The van der Waals surface area contributed by atoms with E-state index in [-0.39, 0.29) is 53.6 Å².